The molecule has 0 aliphatic heterocycles. The van der Waals surface area contributed by atoms with Gasteiger partial charge >= 0.3 is 5.97 Å². The van der Waals surface area contributed by atoms with Gasteiger partial charge in [0.15, 0.2) is 0 Å². The number of halogens is 1. The normalized spacial score (nSPS) is 11.6. The number of rotatable bonds is 5. The van der Waals surface area contributed by atoms with Gasteiger partial charge in [0.1, 0.15) is 0 Å². The number of esters is 1. The van der Waals surface area contributed by atoms with E-state index in [-0.39, 0.29) is 11.8 Å². The van der Waals surface area contributed by atoms with E-state index in [1.807, 2.05) is 37.3 Å². The summed E-state index contributed by atoms with van der Waals surface area (Å²) in [5.41, 5.74) is 1.67. The molecule has 2 rings (SSSR count). The molecule has 0 aliphatic carbocycles. The third kappa shape index (κ3) is 4.11. The van der Waals surface area contributed by atoms with Crippen molar-refractivity contribution in [3.63, 3.8) is 0 Å². The number of carbonyl (C=O) groups is 2. The summed E-state index contributed by atoms with van der Waals surface area (Å²) < 4.78 is 4.68. The fourth-order valence-electron chi connectivity index (χ4n) is 2.34. The van der Waals surface area contributed by atoms with E-state index in [0.717, 1.165) is 5.56 Å². The zero-order valence-corrected chi connectivity index (χ0v) is 13.8. The number of amides is 1. The topological polar surface area (TPSA) is 55.4 Å². The summed E-state index contributed by atoms with van der Waals surface area (Å²) in [4.78, 5) is 24.2. The van der Waals surface area contributed by atoms with Gasteiger partial charge in [-0.2, -0.15) is 0 Å². The maximum absolute atomic E-state index is 12.6. The predicted molar refractivity (Wildman–Crippen MR) is 90.9 cm³/mol. The summed E-state index contributed by atoms with van der Waals surface area (Å²) in [6.07, 6.45) is 0.657. The number of hydrogen-bond acceptors (Lipinski definition) is 3. The lowest BCUT2D eigenvalue weighted by Crippen LogP contribution is -2.21. The van der Waals surface area contributed by atoms with Crippen LogP contribution in [0.1, 0.15) is 35.2 Å². The van der Waals surface area contributed by atoms with Crippen molar-refractivity contribution in [2.45, 2.75) is 19.3 Å². The van der Waals surface area contributed by atoms with Crippen LogP contribution in [0.15, 0.2) is 48.5 Å². The summed E-state index contributed by atoms with van der Waals surface area (Å²) in [7, 11) is 1.30. The Bertz CT molecular complexity index is 701. The van der Waals surface area contributed by atoms with Crippen molar-refractivity contribution in [1.29, 1.82) is 0 Å². The van der Waals surface area contributed by atoms with Crippen LogP contribution in [-0.4, -0.2) is 19.0 Å². The molecule has 0 heterocycles. The minimum Gasteiger partial charge on any atom is -0.465 e. The van der Waals surface area contributed by atoms with Gasteiger partial charge in [-0.3, -0.25) is 4.79 Å². The van der Waals surface area contributed by atoms with E-state index in [9.17, 15) is 9.59 Å². The van der Waals surface area contributed by atoms with Crippen LogP contribution in [0, 0.1) is 0 Å². The lowest BCUT2D eigenvalue weighted by Gasteiger charge is -2.16. The first-order chi connectivity index (χ1) is 11.1. The summed E-state index contributed by atoms with van der Waals surface area (Å²) in [5.74, 6) is -0.927. The second-order valence-electron chi connectivity index (χ2n) is 5.05. The summed E-state index contributed by atoms with van der Waals surface area (Å²) in [6, 6.07) is 14.2. The first-order valence-corrected chi connectivity index (χ1v) is 7.68. The predicted octanol–water partition coefficient (Wildman–Crippen LogP) is 4.26. The molecule has 1 amide bonds. The van der Waals surface area contributed by atoms with Gasteiger partial charge < -0.3 is 10.1 Å². The smallest absolute Gasteiger partial charge is 0.337 e. The van der Waals surface area contributed by atoms with Crippen molar-refractivity contribution >= 4 is 29.2 Å². The second kappa shape index (κ2) is 7.79. The van der Waals surface area contributed by atoms with E-state index in [4.69, 9.17) is 11.6 Å². The molecule has 2 aromatic rings. The quantitative estimate of drug-likeness (QED) is 0.833. The van der Waals surface area contributed by atoms with Gasteiger partial charge in [-0.25, -0.2) is 4.79 Å². The molecule has 0 aromatic heterocycles. The standard InChI is InChI=1S/C18H18ClNO3/c1-3-14(12-7-5-4-6-8-12)17(21)20-16-11-13(18(22)23-2)9-10-15(16)19/h4-11,14H,3H2,1-2H3,(H,20,21). The van der Waals surface area contributed by atoms with Crippen LogP contribution in [-0.2, 0) is 9.53 Å². The Morgan fingerprint density at radius 2 is 1.87 bits per heavy atom. The molecule has 0 fully saturated rings. The SMILES string of the molecule is CCC(C(=O)Nc1cc(C(=O)OC)ccc1Cl)c1ccccc1. The van der Waals surface area contributed by atoms with Gasteiger partial charge in [0, 0.05) is 0 Å². The molecular weight excluding hydrogens is 314 g/mol. The third-order valence-corrected chi connectivity index (χ3v) is 3.90. The molecule has 23 heavy (non-hydrogen) atoms. The van der Waals surface area contributed by atoms with Crippen LogP contribution in [0.5, 0.6) is 0 Å². The van der Waals surface area contributed by atoms with Gasteiger partial charge in [-0.1, -0.05) is 48.9 Å². The Morgan fingerprint density at radius 1 is 1.17 bits per heavy atom. The van der Waals surface area contributed by atoms with E-state index in [1.165, 1.54) is 13.2 Å². The Kier molecular flexibility index (Phi) is 5.77. The van der Waals surface area contributed by atoms with Gasteiger partial charge in [0.05, 0.1) is 29.3 Å². The van der Waals surface area contributed by atoms with Crippen molar-refractivity contribution in [3.05, 3.63) is 64.7 Å². The van der Waals surface area contributed by atoms with E-state index in [1.54, 1.807) is 12.1 Å². The average Bonchev–Trinajstić information content (AvgIpc) is 2.57. The molecule has 1 unspecified atom stereocenters. The highest BCUT2D eigenvalue weighted by Gasteiger charge is 2.20. The Labute approximate surface area is 140 Å². The monoisotopic (exact) mass is 331 g/mol. The molecule has 120 valence electrons. The first-order valence-electron chi connectivity index (χ1n) is 7.30. The molecule has 5 heteroatoms. The third-order valence-electron chi connectivity index (χ3n) is 3.57. The van der Waals surface area contributed by atoms with Crippen LogP contribution in [0.2, 0.25) is 5.02 Å². The average molecular weight is 332 g/mol. The Balaban J connectivity index is 2.23. The number of anilines is 1. The van der Waals surface area contributed by atoms with Crippen molar-refractivity contribution < 1.29 is 14.3 Å². The maximum Gasteiger partial charge on any atom is 0.337 e. The fourth-order valence-corrected chi connectivity index (χ4v) is 2.51. The summed E-state index contributed by atoms with van der Waals surface area (Å²) in [6.45, 7) is 1.95. The van der Waals surface area contributed by atoms with Crippen LogP contribution < -0.4 is 5.32 Å². The first kappa shape index (κ1) is 17.0. The van der Waals surface area contributed by atoms with E-state index in [2.05, 4.69) is 10.1 Å². The van der Waals surface area contributed by atoms with Gasteiger partial charge in [-0.05, 0) is 30.2 Å². The molecule has 0 saturated heterocycles. The number of ether oxygens (including phenoxy) is 1. The molecule has 0 spiro atoms. The van der Waals surface area contributed by atoms with Crippen LogP contribution >= 0.6 is 11.6 Å². The fraction of sp³-hybridized carbons (Fsp3) is 0.222. The molecule has 2 aromatic carbocycles. The van der Waals surface area contributed by atoms with Gasteiger partial charge in [0.25, 0.3) is 0 Å². The lowest BCUT2D eigenvalue weighted by atomic mass is 9.95. The molecule has 0 bridgehead atoms. The van der Waals surface area contributed by atoms with Crippen molar-refractivity contribution in [2.24, 2.45) is 0 Å². The number of benzene rings is 2. The van der Waals surface area contributed by atoms with Crippen molar-refractivity contribution in [3.8, 4) is 0 Å². The van der Waals surface area contributed by atoms with Crippen molar-refractivity contribution in [2.75, 3.05) is 12.4 Å². The highest BCUT2D eigenvalue weighted by molar-refractivity contribution is 6.34. The molecule has 1 atom stereocenters. The van der Waals surface area contributed by atoms with E-state index >= 15 is 0 Å². The highest BCUT2D eigenvalue weighted by atomic mass is 35.5. The second-order valence-corrected chi connectivity index (χ2v) is 5.45. The number of nitrogens with one attached hydrogen (secondary N) is 1. The number of methoxy groups -OCH3 is 1. The number of hydrogen-bond donors (Lipinski definition) is 1. The molecule has 1 N–H and O–H groups in total. The van der Waals surface area contributed by atoms with Crippen molar-refractivity contribution in [1.82, 2.24) is 0 Å². The van der Waals surface area contributed by atoms with E-state index < -0.39 is 5.97 Å². The minimum absolute atomic E-state index is 0.164. The number of carbonyl (C=O) groups excluding carboxylic acids is 2. The van der Waals surface area contributed by atoms with Crippen LogP contribution in [0.3, 0.4) is 0 Å². The van der Waals surface area contributed by atoms with E-state index in [0.29, 0.717) is 22.7 Å². The summed E-state index contributed by atoms with van der Waals surface area (Å²) in [5, 5.41) is 3.17. The zero-order valence-electron chi connectivity index (χ0n) is 13.0. The Hall–Kier alpha value is -2.33. The highest BCUT2D eigenvalue weighted by Crippen LogP contribution is 2.27. The maximum atomic E-state index is 12.6. The molecule has 0 saturated carbocycles. The van der Waals surface area contributed by atoms with Gasteiger partial charge in [0.2, 0.25) is 5.91 Å². The zero-order chi connectivity index (χ0) is 16.8. The van der Waals surface area contributed by atoms with Crippen LogP contribution in [0.25, 0.3) is 0 Å². The van der Waals surface area contributed by atoms with Gasteiger partial charge in [-0.15, -0.1) is 0 Å². The van der Waals surface area contributed by atoms with Crippen LogP contribution in [0.4, 0.5) is 5.69 Å². The molecule has 4 nitrogen and oxygen atoms in total. The molecule has 0 radical (unpaired) electrons. The summed E-state index contributed by atoms with van der Waals surface area (Å²) >= 11 is 6.12. The minimum atomic E-state index is -0.479. The largest absolute Gasteiger partial charge is 0.465 e. The molecule has 0 aliphatic rings. The lowest BCUT2D eigenvalue weighted by molar-refractivity contribution is -0.117. The Morgan fingerprint density at radius 3 is 2.48 bits per heavy atom. The molecular formula is C18H18ClNO3.